The highest BCUT2D eigenvalue weighted by Crippen LogP contribution is 2.61. The Morgan fingerprint density at radius 2 is 1.72 bits per heavy atom. The van der Waals surface area contributed by atoms with Crippen LogP contribution >= 0.6 is 34.4 Å². The molecule has 0 saturated heterocycles. The van der Waals surface area contributed by atoms with E-state index in [1.165, 1.54) is 73.0 Å². The molecule has 4 aliphatic rings. The van der Waals surface area contributed by atoms with Gasteiger partial charge >= 0.3 is 0 Å². The Kier molecular flexibility index (Phi) is 5.34. The van der Waals surface area contributed by atoms with Crippen molar-refractivity contribution < 1.29 is 9.59 Å². The zero-order chi connectivity index (χ0) is 19.8. The van der Waals surface area contributed by atoms with Gasteiger partial charge in [0, 0.05) is 18.0 Å². The topological polar surface area (TPSA) is 96.9 Å². The number of anilines is 2. The smallest absolute Gasteiger partial charge is 0.236 e. The number of aromatic nitrogens is 3. The molecule has 0 aliphatic heterocycles. The monoisotopic (exact) mass is 449 g/mol. The molecule has 4 aliphatic carbocycles. The molecule has 154 valence electrons. The molecule has 7 nitrogen and oxygen atoms in total. The molecule has 2 amide bonds. The third-order valence-electron chi connectivity index (χ3n) is 6.36. The van der Waals surface area contributed by atoms with Crippen LogP contribution in [0, 0.1) is 23.2 Å². The van der Waals surface area contributed by atoms with Crippen molar-refractivity contribution in [1.29, 1.82) is 0 Å². The summed E-state index contributed by atoms with van der Waals surface area (Å²) in [6.45, 7) is 0. The number of thioether (sulfide) groups is 1. The van der Waals surface area contributed by atoms with Gasteiger partial charge in [-0.25, -0.2) is 4.98 Å². The van der Waals surface area contributed by atoms with Crippen LogP contribution in [0.25, 0.3) is 0 Å². The first-order valence-electron chi connectivity index (χ1n) is 10.0. The van der Waals surface area contributed by atoms with Gasteiger partial charge in [-0.15, -0.1) is 21.5 Å². The predicted molar refractivity (Wildman–Crippen MR) is 115 cm³/mol. The summed E-state index contributed by atoms with van der Waals surface area (Å²) in [5.74, 6) is 2.68. The fourth-order valence-electron chi connectivity index (χ4n) is 5.90. The Morgan fingerprint density at radius 3 is 2.38 bits per heavy atom. The molecule has 0 atom stereocenters. The van der Waals surface area contributed by atoms with E-state index in [9.17, 15) is 9.59 Å². The average molecular weight is 450 g/mol. The van der Waals surface area contributed by atoms with Crippen LogP contribution < -0.4 is 10.6 Å². The summed E-state index contributed by atoms with van der Waals surface area (Å²) in [5, 5.41) is 16.8. The van der Waals surface area contributed by atoms with Crippen molar-refractivity contribution in [2.75, 3.05) is 16.4 Å². The molecule has 4 fully saturated rings. The van der Waals surface area contributed by atoms with Gasteiger partial charge in [-0.2, -0.15) is 0 Å². The Balaban J connectivity index is 1.11. The molecule has 4 saturated carbocycles. The van der Waals surface area contributed by atoms with Gasteiger partial charge in [0.05, 0.1) is 5.75 Å². The van der Waals surface area contributed by atoms with Gasteiger partial charge in [0.1, 0.15) is 0 Å². The fourth-order valence-corrected chi connectivity index (χ4v) is 8.01. The molecule has 0 aromatic carbocycles. The van der Waals surface area contributed by atoms with Gasteiger partial charge in [-0.1, -0.05) is 23.1 Å². The lowest BCUT2D eigenvalue weighted by atomic mass is 9.49. The van der Waals surface area contributed by atoms with E-state index in [4.69, 9.17) is 0 Å². The van der Waals surface area contributed by atoms with Crippen molar-refractivity contribution in [3.63, 3.8) is 0 Å². The van der Waals surface area contributed by atoms with E-state index in [2.05, 4.69) is 25.8 Å². The molecule has 0 spiro atoms. The van der Waals surface area contributed by atoms with Crippen LogP contribution in [0.4, 0.5) is 10.3 Å². The summed E-state index contributed by atoms with van der Waals surface area (Å²) < 4.78 is 0.671. The van der Waals surface area contributed by atoms with E-state index in [-0.39, 0.29) is 23.0 Å². The lowest BCUT2D eigenvalue weighted by Crippen LogP contribution is -2.47. The van der Waals surface area contributed by atoms with Crippen LogP contribution in [0.1, 0.15) is 44.9 Å². The highest BCUT2D eigenvalue weighted by molar-refractivity contribution is 8.01. The summed E-state index contributed by atoms with van der Waals surface area (Å²) in [7, 11) is 0. The van der Waals surface area contributed by atoms with Crippen LogP contribution in [-0.2, 0) is 9.59 Å². The first kappa shape index (κ1) is 19.4. The van der Waals surface area contributed by atoms with Crippen molar-refractivity contribution in [3.8, 4) is 0 Å². The second-order valence-corrected chi connectivity index (χ2v) is 11.8. The maximum atomic E-state index is 12.7. The summed E-state index contributed by atoms with van der Waals surface area (Å²) in [4.78, 5) is 28.7. The summed E-state index contributed by atoms with van der Waals surface area (Å²) in [5.41, 5.74) is 0.217. The number of amides is 2. The summed E-state index contributed by atoms with van der Waals surface area (Å²) in [6, 6.07) is 0. The zero-order valence-corrected chi connectivity index (χ0v) is 18.4. The zero-order valence-electron chi connectivity index (χ0n) is 15.9. The number of rotatable bonds is 7. The maximum Gasteiger partial charge on any atom is 0.236 e. The SMILES string of the molecule is O=C(CSc1nnc(NC(=O)CC23CC4CC(CC(C4)C2)C3)s1)Nc1nccs1. The number of thiazole rings is 1. The standard InChI is InChI=1S/C19H23N5O2S3/c25-14(9-19-6-11-3-12(7-19)5-13(4-11)8-19)21-17-23-24-18(29-17)28-10-15(26)22-16-20-1-2-27-16/h1-2,11-13H,3-10H2,(H,20,22,26)(H,21,23,25). The van der Waals surface area contributed by atoms with Gasteiger partial charge < -0.3 is 10.6 Å². The minimum Gasteiger partial charge on any atom is -0.301 e. The molecule has 2 heterocycles. The van der Waals surface area contributed by atoms with Gasteiger partial charge in [0.2, 0.25) is 16.9 Å². The van der Waals surface area contributed by atoms with Crippen molar-refractivity contribution in [1.82, 2.24) is 15.2 Å². The third kappa shape index (κ3) is 4.49. The molecule has 10 heteroatoms. The number of nitrogens with one attached hydrogen (secondary N) is 2. The predicted octanol–water partition coefficient (Wildman–Crippen LogP) is 4.27. The molecule has 6 rings (SSSR count). The first-order valence-corrected chi connectivity index (χ1v) is 12.7. The lowest BCUT2D eigenvalue weighted by Gasteiger charge is -2.56. The molecular weight excluding hydrogens is 426 g/mol. The minimum atomic E-state index is -0.132. The number of hydrogen-bond acceptors (Lipinski definition) is 8. The van der Waals surface area contributed by atoms with E-state index in [0.29, 0.717) is 21.0 Å². The molecular formula is C19H23N5O2S3. The molecule has 2 aromatic heterocycles. The van der Waals surface area contributed by atoms with Gasteiger partial charge in [-0.3, -0.25) is 9.59 Å². The van der Waals surface area contributed by atoms with Gasteiger partial charge in [-0.05, 0) is 61.7 Å². The second-order valence-electron chi connectivity index (χ2n) is 8.69. The van der Waals surface area contributed by atoms with E-state index < -0.39 is 0 Å². The second kappa shape index (κ2) is 7.96. The molecule has 2 N–H and O–H groups in total. The van der Waals surface area contributed by atoms with Crippen LogP contribution in [0.15, 0.2) is 15.9 Å². The van der Waals surface area contributed by atoms with Crippen LogP contribution in [0.5, 0.6) is 0 Å². The normalized spacial score (nSPS) is 29.7. The van der Waals surface area contributed by atoms with E-state index in [1.54, 1.807) is 6.20 Å². The van der Waals surface area contributed by atoms with Crippen LogP contribution in [0.2, 0.25) is 0 Å². The highest BCUT2D eigenvalue weighted by atomic mass is 32.2. The number of carbonyl (C=O) groups excluding carboxylic acids is 2. The largest absolute Gasteiger partial charge is 0.301 e. The van der Waals surface area contributed by atoms with Crippen LogP contribution in [0.3, 0.4) is 0 Å². The van der Waals surface area contributed by atoms with E-state index in [0.717, 1.165) is 17.8 Å². The first-order chi connectivity index (χ1) is 14.1. The van der Waals surface area contributed by atoms with E-state index in [1.807, 2.05) is 5.38 Å². The molecule has 4 bridgehead atoms. The quantitative estimate of drug-likeness (QED) is 0.484. The molecule has 29 heavy (non-hydrogen) atoms. The number of carbonyl (C=O) groups is 2. The summed E-state index contributed by atoms with van der Waals surface area (Å²) >= 11 is 4.01. The number of hydrogen-bond donors (Lipinski definition) is 2. The third-order valence-corrected chi connectivity index (χ3v) is 9.02. The maximum absolute atomic E-state index is 12.7. The number of nitrogens with zero attached hydrogens (tertiary/aromatic N) is 3. The van der Waals surface area contributed by atoms with Crippen molar-refractivity contribution in [3.05, 3.63) is 11.6 Å². The van der Waals surface area contributed by atoms with Crippen molar-refractivity contribution in [2.45, 2.75) is 49.3 Å². The Morgan fingerprint density at radius 1 is 1.03 bits per heavy atom. The van der Waals surface area contributed by atoms with Crippen molar-refractivity contribution in [2.24, 2.45) is 23.2 Å². The highest BCUT2D eigenvalue weighted by Gasteiger charge is 2.51. The average Bonchev–Trinajstić information content (AvgIpc) is 3.30. The van der Waals surface area contributed by atoms with Gasteiger partial charge in [0.15, 0.2) is 9.47 Å². The molecule has 0 unspecified atom stereocenters. The van der Waals surface area contributed by atoms with E-state index >= 15 is 0 Å². The Labute approximate surface area is 181 Å². The minimum absolute atomic E-state index is 0.0566. The van der Waals surface area contributed by atoms with Gasteiger partial charge in [0.25, 0.3) is 0 Å². The lowest BCUT2D eigenvalue weighted by molar-refractivity contribution is -0.124. The molecule has 0 radical (unpaired) electrons. The Bertz CT molecular complexity index is 862. The Hall–Kier alpha value is -1.52. The van der Waals surface area contributed by atoms with Crippen LogP contribution in [-0.4, -0.2) is 32.7 Å². The van der Waals surface area contributed by atoms with Crippen molar-refractivity contribution >= 4 is 56.5 Å². The summed E-state index contributed by atoms with van der Waals surface area (Å²) in [6.07, 6.45) is 10.1. The molecule has 2 aromatic rings. The fraction of sp³-hybridized carbons (Fsp3) is 0.632.